The summed E-state index contributed by atoms with van der Waals surface area (Å²) in [7, 11) is 0. The SMILES string of the molecule is N#Cc1ccc(Cc2c3ccccc3c(-c3ccccc3)c3ccccc23)c(-c2cccc(-n3c4ccccc4c4ccccc43)c2)c1. The molecule has 9 aromatic rings. The number of hydrogen-bond donors (Lipinski definition) is 0. The summed E-state index contributed by atoms with van der Waals surface area (Å²) in [5.41, 5.74) is 11.3. The van der Waals surface area contributed by atoms with Crippen molar-refractivity contribution in [3.63, 3.8) is 0 Å². The largest absolute Gasteiger partial charge is 0.309 e. The second-order valence-electron chi connectivity index (χ2n) is 12.4. The molecular formula is C46H30N2. The molecule has 0 bridgehead atoms. The average Bonchev–Trinajstić information content (AvgIpc) is 3.50. The number of para-hydroxylation sites is 2. The minimum atomic E-state index is 0.658. The summed E-state index contributed by atoms with van der Waals surface area (Å²) in [5.74, 6) is 0. The zero-order valence-electron chi connectivity index (χ0n) is 26.3. The van der Waals surface area contributed by atoms with Crippen LogP contribution >= 0.6 is 0 Å². The van der Waals surface area contributed by atoms with Crippen LogP contribution in [0.3, 0.4) is 0 Å². The molecule has 0 saturated carbocycles. The van der Waals surface area contributed by atoms with Crippen molar-refractivity contribution in [2.24, 2.45) is 0 Å². The molecule has 0 saturated heterocycles. The van der Waals surface area contributed by atoms with E-state index in [1.54, 1.807) is 0 Å². The van der Waals surface area contributed by atoms with E-state index in [9.17, 15) is 5.26 Å². The third-order valence-corrected chi connectivity index (χ3v) is 9.71. The van der Waals surface area contributed by atoms with E-state index >= 15 is 0 Å². The van der Waals surface area contributed by atoms with Crippen LogP contribution in [-0.2, 0) is 6.42 Å². The van der Waals surface area contributed by atoms with Crippen LogP contribution in [0, 0.1) is 11.3 Å². The van der Waals surface area contributed by atoms with E-state index in [2.05, 4.69) is 174 Å². The van der Waals surface area contributed by atoms with Gasteiger partial charge in [-0.15, -0.1) is 0 Å². The van der Waals surface area contributed by atoms with Crippen LogP contribution in [0.5, 0.6) is 0 Å². The van der Waals surface area contributed by atoms with Gasteiger partial charge in [0, 0.05) is 16.5 Å². The minimum Gasteiger partial charge on any atom is -0.309 e. The van der Waals surface area contributed by atoms with Crippen molar-refractivity contribution in [2.75, 3.05) is 0 Å². The van der Waals surface area contributed by atoms with E-state index in [4.69, 9.17) is 0 Å². The Morgan fingerprint density at radius 2 is 1.00 bits per heavy atom. The Labute approximate surface area is 279 Å². The van der Waals surface area contributed by atoms with Crippen molar-refractivity contribution >= 4 is 43.4 Å². The van der Waals surface area contributed by atoms with E-state index in [0.717, 1.165) is 23.2 Å². The molecule has 0 N–H and O–H groups in total. The Bertz CT molecular complexity index is 2600. The number of fused-ring (bicyclic) bond motifs is 5. The molecule has 2 nitrogen and oxygen atoms in total. The number of nitriles is 1. The molecule has 0 atom stereocenters. The quantitative estimate of drug-likeness (QED) is 0.178. The lowest BCUT2D eigenvalue weighted by molar-refractivity contribution is 1.18. The van der Waals surface area contributed by atoms with Gasteiger partial charge in [-0.05, 0) is 97.7 Å². The normalized spacial score (nSPS) is 11.4. The standard InChI is InChI=1S/C46H30N2/c47-30-31-25-26-34(29-43-36-17-4-6-21-40(36)46(32-13-2-1-3-14-32)41-22-7-5-18-37(41)43)42(27-31)33-15-12-16-35(28-33)48-44-23-10-8-19-38(44)39-20-9-11-24-45(39)48/h1-28H,29H2. The summed E-state index contributed by atoms with van der Waals surface area (Å²) < 4.78 is 2.35. The summed E-state index contributed by atoms with van der Waals surface area (Å²) in [4.78, 5) is 0. The number of nitrogens with zero attached hydrogens (tertiary/aromatic N) is 2. The average molecular weight is 611 g/mol. The third kappa shape index (κ3) is 4.48. The lowest BCUT2D eigenvalue weighted by atomic mass is 9.85. The van der Waals surface area contributed by atoms with Crippen LogP contribution in [0.2, 0.25) is 0 Å². The third-order valence-electron chi connectivity index (χ3n) is 9.71. The monoisotopic (exact) mass is 610 g/mol. The van der Waals surface area contributed by atoms with Gasteiger partial charge < -0.3 is 4.57 Å². The topological polar surface area (TPSA) is 28.7 Å². The van der Waals surface area contributed by atoms with Crippen molar-refractivity contribution in [1.29, 1.82) is 5.26 Å². The van der Waals surface area contributed by atoms with Crippen LogP contribution in [0.25, 0.3) is 71.3 Å². The van der Waals surface area contributed by atoms with Crippen LogP contribution in [0.1, 0.15) is 16.7 Å². The second-order valence-corrected chi connectivity index (χ2v) is 12.4. The molecule has 0 spiro atoms. The highest BCUT2D eigenvalue weighted by Gasteiger charge is 2.18. The molecule has 0 aliphatic carbocycles. The molecule has 9 rings (SSSR count). The van der Waals surface area contributed by atoms with E-state index in [-0.39, 0.29) is 0 Å². The van der Waals surface area contributed by atoms with Crippen molar-refractivity contribution in [2.45, 2.75) is 6.42 Å². The molecule has 0 amide bonds. The first-order chi connectivity index (χ1) is 23.8. The number of rotatable bonds is 5. The Kier molecular flexibility index (Phi) is 6.63. The summed E-state index contributed by atoms with van der Waals surface area (Å²) in [6, 6.07) is 62.8. The lowest BCUT2D eigenvalue weighted by Crippen LogP contribution is -1.99. The van der Waals surface area contributed by atoms with Gasteiger partial charge in [0.15, 0.2) is 0 Å². The van der Waals surface area contributed by atoms with Crippen molar-refractivity contribution in [3.05, 3.63) is 187 Å². The molecule has 0 aliphatic rings. The van der Waals surface area contributed by atoms with Crippen LogP contribution < -0.4 is 0 Å². The Morgan fingerprint density at radius 3 is 1.62 bits per heavy atom. The first-order valence-electron chi connectivity index (χ1n) is 16.4. The lowest BCUT2D eigenvalue weighted by Gasteiger charge is -2.19. The van der Waals surface area contributed by atoms with Gasteiger partial charge in [0.2, 0.25) is 0 Å². The second kappa shape index (κ2) is 11.4. The molecule has 1 heterocycles. The summed E-state index contributed by atoms with van der Waals surface area (Å²) in [6.45, 7) is 0. The number of benzene rings is 8. The minimum absolute atomic E-state index is 0.658. The highest BCUT2D eigenvalue weighted by molar-refractivity contribution is 6.15. The highest BCUT2D eigenvalue weighted by atomic mass is 15.0. The zero-order valence-corrected chi connectivity index (χ0v) is 26.3. The first-order valence-corrected chi connectivity index (χ1v) is 16.4. The van der Waals surface area contributed by atoms with Gasteiger partial charge in [-0.25, -0.2) is 0 Å². The smallest absolute Gasteiger partial charge is 0.0991 e. The fourth-order valence-electron chi connectivity index (χ4n) is 7.60. The maximum absolute atomic E-state index is 10.00. The molecule has 0 fully saturated rings. The molecule has 1 aromatic heterocycles. The molecular weight excluding hydrogens is 581 g/mol. The van der Waals surface area contributed by atoms with Gasteiger partial charge in [-0.2, -0.15) is 5.26 Å². The fourth-order valence-corrected chi connectivity index (χ4v) is 7.60. The zero-order chi connectivity index (χ0) is 32.0. The van der Waals surface area contributed by atoms with Gasteiger partial charge in [-0.1, -0.05) is 133 Å². The van der Waals surface area contributed by atoms with Crippen molar-refractivity contribution in [1.82, 2.24) is 4.57 Å². The van der Waals surface area contributed by atoms with Crippen LogP contribution in [0.15, 0.2) is 170 Å². The Balaban J connectivity index is 1.25. The van der Waals surface area contributed by atoms with E-state index in [0.29, 0.717) is 5.56 Å². The van der Waals surface area contributed by atoms with Gasteiger partial charge in [0.1, 0.15) is 0 Å². The maximum Gasteiger partial charge on any atom is 0.0991 e. The molecule has 0 unspecified atom stereocenters. The predicted octanol–water partition coefficient (Wildman–Crippen LogP) is 11.9. The van der Waals surface area contributed by atoms with E-state index < -0.39 is 0 Å². The molecule has 2 heteroatoms. The van der Waals surface area contributed by atoms with Crippen LogP contribution in [-0.4, -0.2) is 4.57 Å². The summed E-state index contributed by atoms with van der Waals surface area (Å²) >= 11 is 0. The van der Waals surface area contributed by atoms with Crippen molar-refractivity contribution < 1.29 is 0 Å². The van der Waals surface area contributed by atoms with Gasteiger partial charge >= 0.3 is 0 Å². The van der Waals surface area contributed by atoms with Gasteiger partial charge in [-0.3, -0.25) is 0 Å². The van der Waals surface area contributed by atoms with Gasteiger partial charge in [0.05, 0.1) is 22.7 Å². The summed E-state index contributed by atoms with van der Waals surface area (Å²) in [5, 5.41) is 17.5. The molecule has 224 valence electrons. The molecule has 48 heavy (non-hydrogen) atoms. The fraction of sp³-hybridized carbons (Fsp3) is 0.0217. The molecule has 8 aromatic carbocycles. The number of aromatic nitrogens is 1. The van der Waals surface area contributed by atoms with E-state index in [1.807, 2.05) is 6.07 Å². The summed E-state index contributed by atoms with van der Waals surface area (Å²) in [6.07, 6.45) is 0.733. The highest BCUT2D eigenvalue weighted by Crippen LogP contribution is 2.41. The molecule has 0 radical (unpaired) electrons. The van der Waals surface area contributed by atoms with Crippen molar-refractivity contribution in [3.8, 4) is 34.0 Å². The predicted molar refractivity (Wildman–Crippen MR) is 201 cm³/mol. The van der Waals surface area contributed by atoms with Gasteiger partial charge in [0.25, 0.3) is 0 Å². The first kappa shape index (κ1) is 27.8. The number of hydrogen-bond acceptors (Lipinski definition) is 1. The molecule has 0 aliphatic heterocycles. The Hall–Kier alpha value is -6.43. The Morgan fingerprint density at radius 1 is 0.458 bits per heavy atom. The maximum atomic E-state index is 10.00. The van der Waals surface area contributed by atoms with Crippen LogP contribution in [0.4, 0.5) is 0 Å². The van der Waals surface area contributed by atoms with E-state index in [1.165, 1.54) is 65.6 Å².